The van der Waals surface area contributed by atoms with Gasteiger partial charge in [0, 0.05) is 35.7 Å². The van der Waals surface area contributed by atoms with Gasteiger partial charge in [0.1, 0.15) is 0 Å². The molecule has 0 atom stereocenters. The van der Waals surface area contributed by atoms with Gasteiger partial charge >= 0.3 is 17.1 Å². The molecule has 0 aliphatic carbocycles. The Kier molecular flexibility index (Phi) is 16.0. The predicted octanol–water partition coefficient (Wildman–Crippen LogP) is 0.337. The van der Waals surface area contributed by atoms with Gasteiger partial charge in [0.25, 0.3) is 0 Å². The summed E-state index contributed by atoms with van der Waals surface area (Å²) < 4.78 is 34.0. The molecule has 0 spiro atoms. The molecule has 9 heteroatoms. The summed E-state index contributed by atoms with van der Waals surface area (Å²) in [4.78, 5) is 12.2. The zero-order valence-electron chi connectivity index (χ0n) is 17.9. The molecule has 3 aromatic heterocycles. The Morgan fingerprint density at radius 3 is 0.800 bits per heavy atom. The van der Waals surface area contributed by atoms with Crippen molar-refractivity contribution in [3.8, 4) is 0 Å². The van der Waals surface area contributed by atoms with Crippen LogP contribution in [0.15, 0.2) is 55.0 Å². The monoisotopic (exact) mass is 483 g/mol. The molecule has 0 aliphatic heterocycles. The van der Waals surface area contributed by atoms with Crippen molar-refractivity contribution in [1.29, 1.82) is 0 Å². The molecule has 0 aromatic carbocycles. The number of aromatic nitrogens is 3. The number of hydrogen-bond acceptors (Lipinski definition) is 7. The second kappa shape index (κ2) is 15.9. The summed E-state index contributed by atoms with van der Waals surface area (Å²) in [5, 5.41) is 0. The predicted molar refractivity (Wildman–Crippen MR) is 101 cm³/mol. The van der Waals surface area contributed by atoms with Crippen LogP contribution in [0.3, 0.4) is 0 Å². The van der Waals surface area contributed by atoms with Gasteiger partial charge in [-0.3, -0.25) is 15.0 Å². The van der Waals surface area contributed by atoms with Crippen molar-refractivity contribution in [2.75, 3.05) is 0 Å². The van der Waals surface area contributed by atoms with E-state index in [2.05, 4.69) is 33.2 Å². The standard InChI is InChI=1S/3C7H9N.ClHO4.Cu/c3*1-6-3-4-7(2)8-5-6;2-1(3,4)5;/h3*3-5H,1-2H3;(H,2,3,4,5);/q;;;;+1/p-1. The molecule has 0 N–H and O–H groups in total. The Morgan fingerprint density at radius 1 is 0.500 bits per heavy atom. The molecule has 30 heavy (non-hydrogen) atoms. The topological polar surface area (TPSA) is 131 Å². The Bertz CT molecular complexity index is 637. The first-order valence-corrected chi connectivity index (χ1v) is 9.90. The molecule has 0 saturated carbocycles. The van der Waals surface area contributed by atoms with Gasteiger partial charge < -0.3 is 0 Å². The van der Waals surface area contributed by atoms with E-state index in [0.29, 0.717) is 0 Å². The quantitative estimate of drug-likeness (QED) is 0.421. The minimum absolute atomic E-state index is 0. The Morgan fingerprint density at radius 2 is 0.700 bits per heavy atom. The first kappa shape index (κ1) is 30.3. The Labute approximate surface area is 191 Å². The van der Waals surface area contributed by atoms with E-state index in [4.69, 9.17) is 18.6 Å². The molecule has 3 heterocycles. The Hall–Kier alpha value is -1.90. The van der Waals surface area contributed by atoms with Gasteiger partial charge in [-0.2, -0.15) is 0 Å². The van der Waals surface area contributed by atoms with Crippen molar-refractivity contribution in [2.45, 2.75) is 41.5 Å². The Balaban J connectivity index is 0. The van der Waals surface area contributed by atoms with Crippen LogP contribution in [0.1, 0.15) is 33.8 Å². The molecular weight excluding hydrogens is 457 g/mol. The van der Waals surface area contributed by atoms with Gasteiger partial charge in [0.05, 0.1) is 0 Å². The first-order chi connectivity index (χ1) is 13.4. The van der Waals surface area contributed by atoms with Crippen LogP contribution in [0.25, 0.3) is 0 Å². The van der Waals surface area contributed by atoms with E-state index >= 15 is 0 Å². The zero-order chi connectivity index (χ0) is 22.4. The number of halogens is 1. The van der Waals surface area contributed by atoms with Gasteiger partial charge in [-0.1, -0.05) is 18.2 Å². The molecule has 7 nitrogen and oxygen atoms in total. The van der Waals surface area contributed by atoms with Crippen LogP contribution in [0.2, 0.25) is 0 Å². The molecule has 0 unspecified atom stereocenters. The first-order valence-electron chi connectivity index (χ1n) is 8.66. The minimum atomic E-state index is -4.94. The van der Waals surface area contributed by atoms with E-state index in [0.717, 1.165) is 17.1 Å². The van der Waals surface area contributed by atoms with Gasteiger partial charge in [-0.25, -0.2) is 18.6 Å². The molecule has 0 amide bonds. The molecule has 3 rings (SSSR count). The number of rotatable bonds is 0. The van der Waals surface area contributed by atoms with Crippen LogP contribution in [0.5, 0.6) is 0 Å². The fourth-order valence-corrected chi connectivity index (χ4v) is 1.63. The van der Waals surface area contributed by atoms with Crippen LogP contribution in [-0.4, -0.2) is 15.0 Å². The molecule has 0 radical (unpaired) electrons. The molecule has 168 valence electrons. The molecule has 0 bridgehead atoms. The third kappa shape index (κ3) is 20.8. The molecular formula is C21H27ClCuN3O4. The van der Waals surface area contributed by atoms with E-state index in [9.17, 15) is 0 Å². The number of pyridine rings is 3. The van der Waals surface area contributed by atoms with Gasteiger partial charge in [-0.05, 0) is 76.4 Å². The van der Waals surface area contributed by atoms with Crippen LogP contribution in [0, 0.1) is 51.8 Å². The van der Waals surface area contributed by atoms with E-state index in [1.165, 1.54) is 16.7 Å². The van der Waals surface area contributed by atoms with Gasteiger partial charge in [0.2, 0.25) is 0 Å². The molecule has 3 aromatic rings. The maximum Gasteiger partial charge on any atom is 1.00 e. The maximum atomic E-state index is 8.49. The summed E-state index contributed by atoms with van der Waals surface area (Å²) in [6.45, 7) is 12.1. The second-order valence-electron chi connectivity index (χ2n) is 6.31. The van der Waals surface area contributed by atoms with Crippen molar-refractivity contribution in [2.24, 2.45) is 0 Å². The van der Waals surface area contributed by atoms with Crippen LogP contribution in [-0.2, 0) is 17.1 Å². The largest absolute Gasteiger partial charge is 1.00 e. The third-order valence-corrected chi connectivity index (χ3v) is 3.18. The van der Waals surface area contributed by atoms with Crippen molar-refractivity contribution in [3.63, 3.8) is 0 Å². The fourth-order valence-electron chi connectivity index (χ4n) is 1.63. The van der Waals surface area contributed by atoms with Crippen molar-refractivity contribution < 1.29 is 45.9 Å². The van der Waals surface area contributed by atoms with Crippen molar-refractivity contribution in [1.82, 2.24) is 15.0 Å². The van der Waals surface area contributed by atoms with Crippen LogP contribution < -0.4 is 18.6 Å². The summed E-state index contributed by atoms with van der Waals surface area (Å²) in [6.07, 6.45) is 5.61. The molecule has 0 aliphatic rings. The smallest absolute Gasteiger partial charge is 0.261 e. The van der Waals surface area contributed by atoms with E-state index < -0.39 is 10.2 Å². The van der Waals surface area contributed by atoms with Crippen molar-refractivity contribution >= 4 is 0 Å². The van der Waals surface area contributed by atoms with E-state index in [-0.39, 0.29) is 17.1 Å². The summed E-state index contributed by atoms with van der Waals surface area (Å²) in [5.41, 5.74) is 6.89. The van der Waals surface area contributed by atoms with Gasteiger partial charge in [0.15, 0.2) is 0 Å². The van der Waals surface area contributed by atoms with Crippen LogP contribution in [0.4, 0.5) is 0 Å². The maximum absolute atomic E-state index is 8.49. The molecule has 0 saturated heterocycles. The van der Waals surface area contributed by atoms with Crippen LogP contribution >= 0.6 is 0 Å². The third-order valence-electron chi connectivity index (χ3n) is 3.18. The summed E-state index contributed by atoms with van der Waals surface area (Å²) >= 11 is 0. The number of nitrogens with zero attached hydrogens (tertiary/aromatic N) is 3. The SMILES string of the molecule is Cc1ccc(C)nc1.Cc1ccc(C)nc1.Cc1ccc(C)nc1.[Cu+].[O-][Cl+3]([O-])([O-])[O-]. The normalized spacial score (nSPS) is 9.40. The number of hydrogen-bond donors (Lipinski definition) is 0. The van der Waals surface area contributed by atoms with E-state index in [1.807, 2.05) is 78.3 Å². The van der Waals surface area contributed by atoms with Gasteiger partial charge in [-0.15, -0.1) is 10.2 Å². The summed E-state index contributed by atoms with van der Waals surface area (Å²) in [7, 11) is -4.94. The minimum Gasteiger partial charge on any atom is -0.261 e. The fraction of sp³-hybridized carbons (Fsp3) is 0.286. The average molecular weight is 484 g/mol. The average Bonchev–Trinajstić information content (AvgIpc) is 2.62. The second-order valence-corrected chi connectivity index (χ2v) is 7.06. The molecule has 0 fully saturated rings. The summed E-state index contributed by atoms with van der Waals surface area (Å²) in [6, 6.07) is 12.2. The number of aryl methyl sites for hydroxylation is 6. The zero-order valence-corrected chi connectivity index (χ0v) is 19.5. The summed E-state index contributed by atoms with van der Waals surface area (Å²) in [5.74, 6) is 0. The van der Waals surface area contributed by atoms with E-state index in [1.54, 1.807) is 0 Å². The van der Waals surface area contributed by atoms with Crippen molar-refractivity contribution in [3.05, 3.63) is 88.8 Å².